The Labute approximate surface area is 199 Å². The van der Waals surface area contributed by atoms with Gasteiger partial charge < -0.3 is 50.3 Å². The van der Waals surface area contributed by atoms with Gasteiger partial charge in [0.25, 0.3) is 0 Å². The van der Waals surface area contributed by atoms with Crippen LogP contribution in [0.25, 0.3) is 0 Å². The number of hydrogen-bond donors (Lipinski definition) is 8. The van der Waals surface area contributed by atoms with Gasteiger partial charge in [0.2, 0.25) is 0 Å². The molecule has 0 bridgehead atoms. The molecule has 0 saturated carbocycles. The fourth-order valence-electron chi connectivity index (χ4n) is 0.936. The minimum absolute atomic E-state index is 0.0417. The molecule has 0 aliphatic heterocycles. The molecule has 0 aromatic carbocycles. The molecule has 0 rings (SSSR count). The average molecular weight is 501 g/mol. The lowest BCUT2D eigenvalue weighted by atomic mass is 9.88. The van der Waals surface area contributed by atoms with Crippen LogP contribution in [0.2, 0.25) is 0 Å². The predicted octanol–water partition coefficient (Wildman–Crippen LogP) is -0.865. The van der Waals surface area contributed by atoms with Crippen molar-refractivity contribution >= 4 is 17.9 Å². The van der Waals surface area contributed by atoms with Gasteiger partial charge in [-0.3, -0.25) is 0 Å². The first-order valence-corrected chi connectivity index (χ1v) is 9.73. The molecule has 8 N–H and O–H groups in total. The number of rotatable bonds is 14. The molecule has 0 aromatic heterocycles. The molecular formula is C21H40O13. The standard InChI is InChI=1S/C6H14O4.C6H14O3.3C3H4O2/c7-1-3-9-5-6-10-4-2-8;1-2-6(3-7,4-8)5-9;3*1-2-3(4)5/h7-8H,1-6H2;7-9H,2-5H2,1H3;3*2H,1H2,(H,4,5). The second-order valence-electron chi connectivity index (χ2n) is 5.63. The van der Waals surface area contributed by atoms with Crippen molar-refractivity contribution in [1.29, 1.82) is 0 Å². The summed E-state index contributed by atoms with van der Waals surface area (Å²) in [5, 5.41) is 65.3. The molecule has 13 nitrogen and oxygen atoms in total. The van der Waals surface area contributed by atoms with E-state index in [4.69, 9.17) is 50.3 Å². The molecule has 0 aliphatic carbocycles. The summed E-state index contributed by atoms with van der Waals surface area (Å²) in [6.45, 7) is 12.0. The molecule has 0 aromatic rings. The average Bonchev–Trinajstić information content (AvgIpc) is 2.84. The zero-order valence-corrected chi connectivity index (χ0v) is 19.5. The van der Waals surface area contributed by atoms with E-state index in [2.05, 4.69) is 19.7 Å². The Kier molecular flexibility index (Phi) is 42.8. The van der Waals surface area contributed by atoms with Crippen molar-refractivity contribution in [2.24, 2.45) is 5.41 Å². The Hall–Kier alpha value is -2.65. The highest BCUT2D eigenvalue weighted by atomic mass is 16.5. The van der Waals surface area contributed by atoms with Gasteiger partial charge in [0.15, 0.2) is 0 Å². The summed E-state index contributed by atoms with van der Waals surface area (Å²) in [6, 6.07) is 0. The van der Waals surface area contributed by atoms with Crippen LogP contribution >= 0.6 is 0 Å². The van der Waals surface area contributed by atoms with Crippen LogP contribution in [-0.4, -0.2) is 118 Å². The third-order valence-corrected chi connectivity index (χ3v) is 3.12. The Bertz CT molecular complexity index is 435. The van der Waals surface area contributed by atoms with E-state index in [1.54, 1.807) is 0 Å². The number of carboxylic acids is 3. The van der Waals surface area contributed by atoms with Crippen molar-refractivity contribution in [3.8, 4) is 0 Å². The molecule has 13 heteroatoms. The maximum Gasteiger partial charge on any atom is 0.327 e. The van der Waals surface area contributed by atoms with Crippen LogP contribution in [-0.2, 0) is 23.9 Å². The van der Waals surface area contributed by atoms with E-state index < -0.39 is 23.3 Å². The van der Waals surface area contributed by atoms with Crippen LogP contribution in [0.3, 0.4) is 0 Å². The summed E-state index contributed by atoms with van der Waals surface area (Å²) in [6.07, 6.45) is 3.09. The Morgan fingerprint density at radius 3 is 0.971 bits per heavy atom. The first-order valence-electron chi connectivity index (χ1n) is 9.73. The first-order chi connectivity index (χ1) is 16.0. The maximum absolute atomic E-state index is 9.25. The van der Waals surface area contributed by atoms with E-state index in [-0.39, 0.29) is 33.0 Å². The molecule has 0 heterocycles. The largest absolute Gasteiger partial charge is 0.478 e. The van der Waals surface area contributed by atoms with Crippen LogP contribution in [0, 0.1) is 5.41 Å². The predicted molar refractivity (Wildman–Crippen MR) is 123 cm³/mol. The smallest absolute Gasteiger partial charge is 0.327 e. The molecule has 0 amide bonds. The van der Waals surface area contributed by atoms with E-state index in [0.29, 0.717) is 32.8 Å². The zero-order valence-electron chi connectivity index (χ0n) is 19.5. The van der Waals surface area contributed by atoms with E-state index in [9.17, 15) is 14.4 Å². The summed E-state index contributed by atoms with van der Waals surface area (Å²) >= 11 is 0. The molecule has 0 radical (unpaired) electrons. The highest BCUT2D eigenvalue weighted by Crippen LogP contribution is 2.18. The molecule has 0 fully saturated rings. The number of carboxylic acid groups (broad SMARTS) is 3. The topological polar surface area (TPSA) is 232 Å². The van der Waals surface area contributed by atoms with Gasteiger partial charge in [-0.05, 0) is 6.42 Å². The number of aliphatic carboxylic acids is 3. The van der Waals surface area contributed by atoms with E-state index in [1.807, 2.05) is 6.92 Å². The number of aliphatic hydroxyl groups is 5. The minimum Gasteiger partial charge on any atom is -0.478 e. The van der Waals surface area contributed by atoms with Crippen molar-refractivity contribution in [3.05, 3.63) is 38.0 Å². The van der Waals surface area contributed by atoms with Crippen molar-refractivity contribution in [2.75, 3.05) is 59.5 Å². The van der Waals surface area contributed by atoms with Crippen molar-refractivity contribution in [1.82, 2.24) is 0 Å². The van der Waals surface area contributed by atoms with Gasteiger partial charge in [0, 0.05) is 23.6 Å². The normalized spacial score (nSPS) is 9.00. The molecule has 0 saturated heterocycles. The number of carbonyl (C=O) groups is 3. The van der Waals surface area contributed by atoms with Gasteiger partial charge in [-0.25, -0.2) is 14.4 Å². The fraction of sp³-hybridized carbons (Fsp3) is 0.571. The summed E-state index contributed by atoms with van der Waals surface area (Å²) in [5.41, 5.74) is -0.667. The molecule has 202 valence electrons. The number of hydrogen-bond acceptors (Lipinski definition) is 10. The third kappa shape index (κ3) is 47.2. The van der Waals surface area contributed by atoms with Gasteiger partial charge in [-0.1, -0.05) is 26.7 Å². The quantitative estimate of drug-likeness (QED) is 0.107. The monoisotopic (exact) mass is 500 g/mol. The Balaban J connectivity index is -0.000000107. The van der Waals surface area contributed by atoms with Crippen molar-refractivity contribution in [3.63, 3.8) is 0 Å². The van der Waals surface area contributed by atoms with Crippen molar-refractivity contribution < 1.29 is 64.7 Å². The highest BCUT2D eigenvalue weighted by molar-refractivity contribution is 5.79. The van der Waals surface area contributed by atoms with Gasteiger partial charge in [-0.15, -0.1) is 0 Å². The summed E-state index contributed by atoms with van der Waals surface area (Å²) < 4.78 is 9.75. The number of ether oxygens (including phenoxy) is 2. The molecule has 0 unspecified atom stereocenters. The van der Waals surface area contributed by atoms with Gasteiger partial charge in [0.05, 0.1) is 59.5 Å². The van der Waals surface area contributed by atoms with Crippen LogP contribution in [0.5, 0.6) is 0 Å². The Morgan fingerprint density at radius 1 is 0.647 bits per heavy atom. The lowest BCUT2D eigenvalue weighted by Crippen LogP contribution is -2.32. The van der Waals surface area contributed by atoms with E-state index in [1.165, 1.54) is 0 Å². The maximum atomic E-state index is 9.25. The van der Waals surface area contributed by atoms with Gasteiger partial charge in [0.1, 0.15) is 0 Å². The van der Waals surface area contributed by atoms with Gasteiger partial charge in [-0.2, -0.15) is 0 Å². The zero-order chi connectivity index (χ0) is 27.8. The second-order valence-corrected chi connectivity index (χ2v) is 5.63. The molecule has 34 heavy (non-hydrogen) atoms. The lowest BCUT2D eigenvalue weighted by Gasteiger charge is -2.24. The first kappa shape index (κ1) is 41.6. The van der Waals surface area contributed by atoms with Crippen LogP contribution in [0.15, 0.2) is 38.0 Å². The lowest BCUT2D eigenvalue weighted by molar-refractivity contribution is -0.132. The number of aliphatic hydroxyl groups excluding tert-OH is 5. The summed E-state index contributed by atoms with van der Waals surface area (Å²) in [5.74, 6) is -2.94. The molecular weight excluding hydrogens is 460 g/mol. The van der Waals surface area contributed by atoms with Crippen molar-refractivity contribution in [2.45, 2.75) is 13.3 Å². The van der Waals surface area contributed by atoms with E-state index in [0.717, 1.165) is 18.2 Å². The van der Waals surface area contributed by atoms with Crippen LogP contribution in [0.4, 0.5) is 0 Å². The molecule has 0 atom stereocenters. The highest BCUT2D eigenvalue weighted by Gasteiger charge is 2.24. The third-order valence-electron chi connectivity index (χ3n) is 3.12. The van der Waals surface area contributed by atoms with Gasteiger partial charge >= 0.3 is 17.9 Å². The minimum atomic E-state index is -0.981. The molecule has 0 aliphatic rings. The fourth-order valence-corrected chi connectivity index (χ4v) is 0.936. The summed E-state index contributed by atoms with van der Waals surface area (Å²) in [4.78, 5) is 27.8. The van der Waals surface area contributed by atoms with E-state index >= 15 is 0 Å². The molecule has 0 spiro atoms. The second kappa shape index (κ2) is 35.0. The Morgan fingerprint density at radius 2 is 0.882 bits per heavy atom. The van der Waals surface area contributed by atoms with Crippen LogP contribution in [0.1, 0.15) is 13.3 Å². The summed E-state index contributed by atoms with van der Waals surface area (Å²) in [7, 11) is 0. The van der Waals surface area contributed by atoms with Crippen LogP contribution < -0.4 is 0 Å². The SMILES string of the molecule is C=CC(=O)O.C=CC(=O)O.C=CC(=O)O.CCC(CO)(CO)CO.OCCOCCOCCO.